The van der Waals surface area contributed by atoms with E-state index in [-0.39, 0.29) is 6.42 Å². The molecule has 0 aromatic heterocycles. The first-order valence-electron chi connectivity index (χ1n) is 9.23. The van der Waals surface area contributed by atoms with Crippen molar-refractivity contribution >= 4 is 19.4 Å². The van der Waals surface area contributed by atoms with Crippen molar-refractivity contribution in [3.8, 4) is 11.5 Å². The topological polar surface area (TPSA) is 49.1 Å². The molecule has 0 amide bonds. The van der Waals surface area contributed by atoms with Crippen LogP contribution in [0.4, 0.5) is 8.78 Å². The summed E-state index contributed by atoms with van der Waals surface area (Å²) in [4.78, 5) is 0. The van der Waals surface area contributed by atoms with Crippen LogP contribution in [0.15, 0.2) is 0 Å². The van der Waals surface area contributed by atoms with Crippen molar-refractivity contribution in [2.24, 2.45) is 11.1 Å². The van der Waals surface area contributed by atoms with E-state index in [1.807, 2.05) is 0 Å². The average Bonchev–Trinajstić information content (AvgIpc) is 2.44. The second kappa shape index (κ2) is 10.3. The predicted octanol–water partition coefficient (Wildman–Crippen LogP) is 5.66. The lowest BCUT2D eigenvalue weighted by molar-refractivity contribution is 0.0634. The molecule has 6 heteroatoms. The van der Waals surface area contributed by atoms with Gasteiger partial charge in [-0.1, -0.05) is 41.5 Å². The third kappa shape index (κ3) is 6.86. The van der Waals surface area contributed by atoms with Gasteiger partial charge in [-0.15, -0.1) is 11.5 Å². The first-order valence-corrected chi connectivity index (χ1v) is 12.7. The van der Waals surface area contributed by atoms with Crippen molar-refractivity contribution in [2.45, 2.75) is 102 Å². The lowest BCUT2D eigenvalue weighted by Crippen LogP contribution is -2.43. The number of hydrogen-bond acceptors (Lipinski definition) is 2. The summed E-state index contributed by atoms with van der Waals surface area (Å²) in [5.41, 5.74) is 5.17. The molecule has 2 nitrogen and oxygen atoms in total. The Morgan fingerprint density at radius 1 is 1.04 bits per heavy atom. The van der Waals surface area contributed by atoms with Gasteiger partial charge in [-0.2, -0.15) is 5.14 Å². The molecule has 0 aromatic carbocycles. The molecule has 0 saturated heterocycles. The maximum atomic E-state index is 13.4. The van der Waals surface area contributed by atoms with Crippen molar-refractivity contribution in [3.63, 3.8) is 0 Å². The van der Waals surface area contributed by atoms with E-state index in [1.165, 1.54) is 0 Å². The van der Waals surface area contributed by atoms with Gasteiger partial charge in [0.1, 0.15) is 12.8 Å². The largest absolute Gasteiger partial charge is 0.598 e. The first-order chi connectivity index (χ1) is 11.3. The number of rotatable bonds is 9. The SMILES string of the molecule is CC(C)[Si](C#CCCC(CC(C)(C)[S+](N)[O-])C(F)F)(C(C)C)C(C)C. The fourth-order valence-electron chi connectivity index (χ4n) is 3.94. The Morgan fingerprint density at radius 2 is 1.48 bits per heavy atom. The molecular formula is C19H37F2NOSSi. The van der Waals surface area contributed by atoms with E-state index in [1.54, 1.807) is 13.8 Å². The molecule has 148 valence electrons. The highest BCUT2D eigenvalue weighted by Gasteiger charge is 2.41. The Morgan fingerprint density at radius 3 is 1.80 bits per heavy atom. The third-order valence-electron chi connectivity index (χ3n) is 5.47. The summed E-state index contributed by atoms with van der Waals surface area (Å²) < 4.78 is 37.4. The zero-order valence-electron chi connectivity index (χ0n) is 17.2. The molecule has 0 heterocycles. The highest BCUT2D eigenvalue weighted by molar-refractivity contribution is 7.90. The third-order valence-corrected chi connectivity index (χ3v) is 13.1. The monoisotopic (exact) mass is 393 g/mol. The molecule has 2 N–H and O–H groups in total. The minimum absolute atomic E-state index is 0.149. The van der Waals surface area contributed by atoms with Crippen LogP contribution in [0, 0.1) is 17.4 Å². The summed E-state index contributed by atoms with van der Waals surface area (Å²) in [5.74, 6) is 2.43. The molecule has 0 aromatic rings. The molecule has 0 bridgehead atoms. The van der Waals surface area contributed by atoms with Crippen LogP contribution in [0.25, 0.3) is 0 Å². The number of halogens is 2. The molecule has 0 radical (unpaired) electrons. The van der Waals surface area contributed by atoms with Gasteiger partial charge < -0.3 is 4.55 Å². The predicted molar refractivity (Wildman–Crippen MR) is 109 cm³/mol. The Balaban J connectivity index is 5.14. The van der Waals surface area contributed by atoms with Crippen LogP contribution >= 0.6 is 0 Å². The van der Waals surface area contributed by atoms with E-state index < -0.39 is 36.5 Å². The second-order valence-corrected chi connectivity index (χ2v) is 15.9. The van der Waals surface area contributed by atoms with Crippen LogP contribution in [-0.4, -0.2) is 23.8 Å². The minimum Gasteiger partial charge on any atom is -0.598 e. The van der Waals surface area contributed by atoms with Gasteiger partial charge in [-0.25, -0.2) is 8.78 Å². The van der Waals surface area contributed by atoms with Crippen LogP contribution in [0.2, 0.25) is 16.6 Å². The Labute approximate surface area is 158 Å². The Hall–Kier alpha value is -0.0931. The summed E-state index contributed by atoms with van der Waals surface area (Å²) >= 11 is -1.62. The molecule has 0 fully saturated rings. The summed E-state index contributed by atoms with van der Waals surface area (Å²) in [7, 11) is -1.81. The van der Waals surface area contributed by atoms with E-state index in [9.17, 15) is 13.3 Å². The molecule has 2 atom stereocenters. The van der Waals surface area contributed by atoms with Crippen LogP contribution in [0.5, 0.6) is 0 Å². The van der Waals surface area contributed by atoms with Gasteiger partial charge >= 0.3 is 0 Å². The van der Waals surface area contributed by atoms with E-state index in [2.05, 4.69) is 53.0 Å². The van der Waals surface area contributed by atoms with Gasteiger partial charge in [-0.3, -0.25) is 0 Å². The van der Waals surface area contributed by atoms with Gasteiger partial charge in [0.2, 0.25) is 6.43 Å². The van der Waals surface area contributed by atoms with Gasteiger partial charge in [-0.05, 0) is 36.9 Å². The van der Waals surface area contributed by atoms with Gasteiger partial charge in [0.15, 0.2) is 0 Å². The van der Waals surface area contributed by atoms with Crippen LogP contribution in [-0.2, 0) is 11.4 Å². The molecule has 0 aliphatic heterocycles. The maximum absolute atomic E-state index is 13.4. The van der Waals surface area contributed by atoms with Crippen LogP contribution in [0.1, 0.15) is 74.7 Å². The number of nitrogens with two attached hydrogens (primary N) is 1. The summed E-state index contributed by atoms with van der Waals surface area (Å²) in [6.45, 7) is 16.8. The number of hydrogen-bond donors (Lipinski definition) is 1. The normalized spacial score (nSPS) is 15.7. The van der Waals surface area contributed by atoms with E-state index in [0.717, 1.165) is 0 Å². The second-order valence-electron chi connectivity index (χ2n) is 8.59. The van der Waals surface area contributed by atoms with Gasteiger partial charge in [0.05, 0.1) is 0 Å². The van der Waals surface area contributed by atoms with Crippen molar-refractivity contribution in [2.75, 3.05) is 0 Å². The van der Waals surface area contributed by atoms with Gasteiger partial charge in [0, 0.05) is 30.1 Å². The zero-order valence-corrected chi connectivity index (χ0v) is 19.0. The van der Waals surface area contributed by atoms with Crippen molar-refractivity contribution in [1.82, 2.24) is 0 Å². The van der Waals surface area contributed by atoms with Crippen molar-refractivity contribution < 1.29 is 13.3 Å². The highest BCUT2D eigenvalue weighted by atomic mass is 32.2. The fourth-order valence-corrected chi connectivity index (χ4v) is 9.61. The van der Waals surface area contributed by atoms with Crippen molar-refractivity contribution in [1.29, 1.82) is 0 Å². The van der Waals surface area contributed by atoms with Gasteiger partial charge in [0.25, 0.3) is 0 Å². The molecular weight excluding hydrogens is 356 g/mol. The summed E-state index contributed by atoms with van der Waals surface area (Å²) in [6, 6.07) is 0. The van der Waals surface area contributed by atoms with E-state index >= 15 is 0 Å². The average molecular weight is 394 g/mol. The lowest BCUT2D eigenvalue weighted by Gasteiger charge is -2.38. The fraction of sp³-hybridized carbons (Fsp3) is 0.895. The van der Waals surface area contributed by atoms with Crippen LogP contribution in [0.3, 0.4) is 0 Å². The minimum atomic E-state index is -2.44. The molecule has 0 aliphatic carbocycles. The summed E-state index contributed by atoms with van der Waals surface area (Å²) in [5, 5.41) is 5.44. The van der Waals surface area contributed by atoms with Crippen molar-refractivity contribution in [3.05, 3.63) is 0 Å². The molecule has 0 aliphatic rings. The summed E-state index contributed by atoms with van der Waals surface area (Å²) in [6.07, 6.45) is -1.50. The van der Waals surface area contributed by atoms with E-state index in [0.29, 0.717) is 29.5 Å². The quantitative estimate of drug-likeness (QED) is 0.312. The molecule has 0 rings (SSSR count). The molecule has 25 heavy (non-hydrogen) atoms. The molecule has 0 spiro atoms. The van der Waals surface area contributed by atoms with E-state index in [4.69, 9.17) is 5.14 Å². The lowest BCUT2D eigenvalue weighted by atomic mass is 9.93. The maximum Gasteiger partial charge on any atom is 0.241 e. The molecule has 0 saturated carbocycles. The highest BCUT2D eigenvalue weighted by Crippen LogP contribution is 2.40. The zero-order chi connectivity index (χ0) is 20.0. The van der Waals surface area contributed by atoms with Crippen LogP contribution < -0.4 is 5.14 Å². The standard InChI is InChI=1S/C19H37F2NOSSi/c1-14(2)25(15(3)4,16(5)6)12-10-9-11-17(18(20)21)13-19(7,8)24(22)23/h14-18H,9,11,13,22H2,1-8H3. The number of alkyl halides is 2. The smallest absolute Gasteiger partial charge is 0.241 e. The molecule has 2 unspecified atom stereocenters. The first kappa shape index (κ1) is 24.9. The Bertz CT molecular complexity index is 434. The Kier molecular flexibility index (Phi) is 10.3.